The topological polar surface area (TPSA) is 89.4 Å². The number of nitrogens with two attached hydrogens (primary N) is 2. The van der Waals surface area contributed by atoms with Crippen molar-refractivity contribution in [3.63, 3.8) is 0 Å². The average Bonchev–Trinajstić information content (AvgIpc) is 2.79. The lowest BCUT2D eigenvalue weighted by Gasteiger charge is -2.30. The fourth-order valence-electron chi connectivity index (χ4n) is 1.70. The Hall–Kier alpha value is -0.940. The van der Waals surface area contributed by atoms with Crippen molar-refractivity contribution in [3.05, 3.63) is 0 Å². The van der Waals surface area contributed by atoms with Gasteiger partial charge in [0, 0.05) is 0 Å². The molecule has 1 unspecified atom stereocenters. The number of hydrogen-bond donors (Lipinski definition) is 2. The summed E-state index contributed by atoms with van der Waals surface area (Å²) in [6.45, 7) is 0. The van der Waals surface area contributed by atoms with Crippen LogP contribution in [0.2, 0.25) is 0 Å². The summed E-state index contributed by atoms with van der Waals surface area (Å²) in [4.78, 5) is 22.5. The molecule has 12 heavy (non-hydrogen) atoms. The highest BCUT2D eigenvalue weighted by atomic mass is 16.2. The summed E-state index contributed by atoms with van der Waals surface area (Å²) in [6, 6.07) is -0.588. The highest BCUT2D eigenvalue weighted by molar-refractivity contribution is 6.03. The van der Waals surface area contributed by atoms with Gasteiger partial charge in [-0.25, -0.2) is 10.9 Å². The van der Waals surface area contributed by atoms with Crippen LogP contribution in [0.1, 0.15) is 19.3 Å². The molecule has 1 saturated carbocycles. The Morgan fingerprint density at radius 2 is 2.00 bits per heavy atom. The number of carbonyl (C=O) groups excluding carboxylic acids is 2. The van der Waals surface area contributed by atoms with Crippen molar-refractivity contribution in [2.75, 3.05) is 0 Å². The fraction of sp³-hybridized carbons (Fsp3) is 0.714. The lowest BCUT2D eigenvalue weighted by molar-refractivity contribution is -0.154. The molecule has 0 aromatic carbocycles. The molecular formula is C7H11N3O2. The van der Waals surface area contributed by atoms with Gasteiger partial charge in [-0.2, -0.15) is 0 Å². The number of hydrogen-bond acceptors (Lipinski definition) is 4. The van der Waals surface area contributed by atoms with Crippen molar-refractivity contribution in [1.82, 2.24) is 5.01 Å². The van der Waals surface area contributed by atoms with Gasteiger partial charge in [-0.15, -0.1) is 0 Å². The summed E-state index contributed by atoms with van der Waals surface area (Å²) < 4.78 is 0. The summed E-state index contributed by atoms with van der Waals surface area (Å²) in [5, 5.41) is 0.682. The smallest absolute Gasteiger partial charge is 0.260 e. The lowest BCUT2D eigenvalue weighted by Crippen LogP contribution is -2.58. The molecule has 66 valence electrons. The molecule has 2 rings (SSSR count). The minimum atomic E-state index is -0.588. The van der Waals surface area contributed by atoms with E-state index in [0.717, 1.165) is 12.8 Å². The summed E-state index contributed by atoms with van der Waals surface area (Å²) in [5.74, 6) is 4.57. The maximum Gasteiger partial charge on any atom is 0.260 e. The van der Waals surface area contributed by atoms with E-state index in [1.54, 1.807) is 0 Å². The van der Waals surface area contributed by atoms with Crippen LogP contribution in [-0.2, 0) is 9.59 Å². The van der Waals surface area contributed by atoms with Gasteiger partial charge in [0.15, 0.2) is 0 Å². The molecule has 1 saturated heterocycles. The Kier molecular flexibility index (Phi) is 1.32. The number of amides is 2. The fourth-order valence-corrected chi connectivity index (χ4v) is 1.70. The molecule has 0 bridgehead atoms. The first-order chi connectivity index (χ1) is 5.57. The standard InChI is InChI=1S/C7H11N3O2/c8-4-3-7(1-2-7)6(12)10(9)5(4)11/h4H,1-3,8-9H2. The largest absolute Gasteiger partial charge is 0.320 e. The maximum atomic E-state index is 11.4. The number of carbonyl (C=O) groups is 2. The zero-order valence-electron chi connectivity index (χ0n) is 6.62. The molecule has 0 aromatic heterocycles. The van der Waals surface area contributed by atoms with Crippen molar-refractivity contribution in [2.24, 2.45) is 17.0 Å². The van der Waals surface area contributed by atoms with E-state index in [9.17, 15) is 9.59 Å². The van der Waals surface area contributed by atoms with Crippen LogP contribution < -0.4 is 11.6 Å². The second-order valence-electron chi connectivity index (χ2n) is 3.60. The summed E-state index contributed by atoms with van der Waals surface area (Å²) in [7, 11) is 0. The van der Waals surface area contributed by atoms with Gasteiger partial charge in [0.2, 0.25) is 5.91 Å². The quantitative estimate of drug-likeness (QED) is 0.269. The van der Waals surface area contributed by atoms with E-state index in [4.69, 9.17) is 11.6 Å². The van der Waals surface area contributed by atoms with Crippen LogP contribution in [0.5, 0.6) is 0 Å². The average molecular weight is 169 g/mol. The number of rotatable bonds is 0. The Morgan fingerprint density at radius 1 is 1.42 bits per heavy atom. The second-order valence-corrected chi connectivity index (χ2v) is 3.60. The number of piperidine rings is 1. The van der Waals surface area contributed by atoms with E-state index in [2.05, 4.69) is 0 Å². The number of imide groups is 1. The van der Waals surface area contributed by atoms with Crippen molar-refractivity contribution in [2.45, 2.75) is 25.3 Å². The van der Waals surface area contributed by atoms with Gasteiger partial charge in [0.05, 0.1) is 11.5 Å². The second kappa shape index (κ2) is 2.05. The van der Waals surface area contributed by atoms with E-state index in [1.807, 2.05) is 0 Å². The van der Waals surface area contributed by atoms with Crippen molar-refractivity contribution in [3.8, 4) is 0 Å². The molecule has 5 nitrogen and oxygen atoms in total. The molecule has 4 N–H and O–H groups in total. The summed E-state index contributed by atoms with van der Waals surface area (Å²) >= 11 is 0. The van der Waals surface area contributed by atoms with Gasteiger partial charge in [0.25, 0.3) is 5.91 Å². The predicted octanol–water partition coefficient (Wildman–Crippen LogP) is -1.27. The predicted molar refractivity (Wildman–Crippen MR) is 40.3 cm³/mol. The minimum Gasteiger partial charge on any atom is -0.320 e. The number of nitrogens with zero attached hydrogens (tertiary/aromatic N) is 1. The summed E-state index contributed by atoms with van der Waals surface area (Å²) in [6.07, 6.45) is 2.11. The molecule has 1 heterocycles. The van der Waals surface area contributed by atoms with Crippen molar-refractivity contribution >= 4 is 11.8 Å². The van der Waals surface area contributed by atoms with E-state index < -0.39 is 11.9 Å². The molecule has 1 aliphatic carbocycles. The number of hydrazine groups is 1. The highest BCUT2D eigenvalue weighted by Gasteiger charge is 2.57. The first-order valence-electron chi connectivity index (χ1n) is 3.95. The van der Waals surface area contributed by atoms with Crippen LogP contribution in [0.25, 0.3) is 0 Å². The minimum absolute atomic E-state index is 0.255. The Labute approximate surface area is 69.7 Å². The zero-order valence-corrected chi connectivity index (χ0v) is 6.62. The van der Waals surface area contributed by atoms with E-state index in [-0.39, 0.29) is 11.3 Å². The van der Waals surface area contributed by atoms with Gasteiger partial charge in [-0.05, 0) is 19.3 Å². The molecule has 1 spiro atoms. The maximum absolute atomic E-state index is 11.4. The highest BCUT2D eigenvalue weighted by Crippen LogP contribution is 2.52. The molecule has 2 amide bonds. The van der Waals surface area contributed by atoms with Crippen LogP contribution in [0.4, 0.5) is 0 Å². The van der Waals surface area contributed by atoms with Crippen LogP contribution in [-0.4, -0.2) is 22.9 Å². The van der Waals surface area contributed by atoms with Crippen molar-refractivity contribution in [1.29, 1.82) is 0 Å². The molecule has 5 heteroatoms. The Morgan fingerprint density at radius 3 is 2.50 bits per heavy atom. The molecular weight excluding hydrogens is 158 g/mol. The Balaban J connectivity index is 2.26. The van der Waals surface area contributed by atoms with Gasteiger partial charge in [0.1, 0.15) is 0 Å². The van der Waals surface area contributed by atoms with Crippen LogP contribution in [0.3, 0.4) is 0 Å². The lowest BCUT2D eigenvalue weighted by atomic mass is 9.91. The summed E-state index contributed by atoms with van der Waals surface area (Å²) in [5.41, 5.74) is 5.15. The van der Waals surface area contributed by atoms with Gasteiger partial charge >= 0.3 is 0 Å². The van der Waals surface area contributed by atoms with Gasteiger partial charge < -0.3 is 5.73 Å². The van der Waals surface area contributed by atoms with E-state index in [1.165, 1.54) is 0 Å². The normalized spacial score (nSPS) is 32.8. The molecule has 2 aliphatic rings. The first kappa shape index (κ1) is 7.70. The van der Waals surface area contributed by atoms with Gasteiger partial charge in [-0.3, -0.25) is 9.59 Å². The van der Waals surface area contributed by atoms with E-state index >= 15 is 0 Å². The van der Waals surface area contributed by atoms with Crippen molar-refractivity contribution < 1.29 is 9.59 Å². The zero-order chi connectivity index (χ0) is 8.93. The van der Waals surface area contributed by atoms with Gasteiger partial charge in [-0.1, -0.05) is 0 Å². The van der Waals surface area contributed by atoms with Crippen LogP contribution in [0.15, 0.2) is 0 Å². The third-order valence-corrected chi connectivity index (χ3v) is 2.69. The van der Waals surface area contributed by atoms with Crippen LogP contribution in [0, 0.1) is 5.41 Å². The molecule has 0 aromatic rings. The molecule has 1 atom stereocenters. The molecule has 2 fully saturated rings. The third kappa shape index (κ3) is 0.804. The molecule has 1 aliphatic heterocycles. The Bertz CT molecular complexity index is 259. The molecule has 0 radical (unpaired) electrons. The van der Waals surface area contributed by atoms with E-state index in [0.29, 0.717) is 11.4 Å². The van der Waals surface area contributed by atoms with Crippen LogP contribution >= 0.6 is 0 Å². The monoisotopic (exact) mass is 169 g/mol. The first-order valence-corrected chi connectivity index (χ1v) is 3.95. The third-order valence-electron chi connectivity index (χ3n) is 2.69. The SMILES string of the molecule is NC1CC2(CC2)C(=O)N(N)C1=O.